The molecule has 2 aromatic rings. The molecule has 4 heteroatoms. The first-order chi connectivity index (χ1) is 9.06. The molecular weight excluding hydrogens is 240 g/mol. The number of anilines is 1. The van der Waals surface area contributed by atoms with Gasteiger partial charge in [0, 0.05) is 17.7 Å². The maximum absolute atomic E-state index is 11.9. The van der Waals surface area contributed by atoms with Gasteiger partial charge in [0.1, 0.15) is 5.76 Å². The average molecular weight is 258 g/mol. The lowest BCUT2D eigenvalue weighted by Crippen LogP contribution is -2.12. The van der Waals surface area contributed by atoms with E-state index in [9.17, 15) is 4.79 Å². The molecule has 0 atom stereocenters. The molecular formula is C15H18N2O2. The van der Waals surface area contributed by atoms with E-state index in [2.05, 4.69) is 10.5 Å². The van der Waals surface area contributed by atoms with Crippen LogP contribution in [0, 0.1) is 20.8 Å². The zero-order chi connectivity index (χ0) is 13.8. The molecule has 0 unspecified atom stereocenters. The summed E-state index contributed by atoms with van der Waals surface area (Å²) < 4.78 is 5.08. The van der Waals surface area contributed by atoms with Gasteiger partial charge in [-0.25, -0.2) is 0 Å². The second kappa shape index (κ2) is 5.69. The predicted molar refractivity (Wildman–Crippen MR) is 74.1 cm³/mol. The quantitative estimate of drug-likeness (QED) is 0.916. The van der Waals surface area contributed by atoms with E-state index in [1.807, 2.05) is 45.0 Å². The van der Waals surface area contributed by atoms with Crippen LogP contribution in [0.2, 0.25) is 0 Å². The van der Waals surface area contributed by atoms with E-state index >= 15 is 0 Å². The third kappa shape index (κ3) is 3.44. The summed E-state index contributed by atoms with van der Waals surface area (Å²) in [7, 11) is 0. The minimum atomic E-state index is 0.00357. The Kier molecular flexibility index (Phi) is 4.00. The van der Waals surface area contributed by atoms with Crippen molar-refractivity contribution in [2.75, 3.05) is 5.32 Å². The number of rotatable bonds is 4. The number of hydrogen-bond acceptors (Lipinski definition) is 3. The number of carbonyl (C=O) groups is 1. The normalized spacial score (nSPS) is 10.5. The van der Waals surface area contributed by atoms with E-state index in [0.29, 0.717) is 12.8 Å². The maximum Gasteiger partial charge on any atom is 0.224 e. The molecule has 1 aromatic carbocycles. The number of aryl methyl sites for hydroxylation is 3. The van der Waals surface area contributed by atoms with Crippen LogP contribution in [0.25, 0.3) is 0 Å². The fraction of sp³-hybridized carbons (Fsp3) is 0.333. The minimum Gasteiger partial charge on any atom is -0.361 e. The topological polar surface area (TPSA) is 55.1 Å². The molecule has 0 aliphatic rings. The highest BCUT2D eigenvalue weighted by Crippen LogP contribution is 2.15. The predicted octanol–water partition coefficient (Wildman–Crippen LogP) is 3.17. The summed E-state index contributed by atoms with van der Waals surface area (Å²) in [5.41, 5.74) is 3.89. The summed E-state index contributed by atoms with van der Waals surface area (Å²) in [6.45, 7) is 5.78. The van der Waals surface area contributed by atoms with Gasteiger partial charge in [-0.05, 0) is 39.3 Å². The molecule has 1 amide bonds. The van der Waals surface area contributed by atoms with Crippen molar-refractivity contribution in [3.63, 3.8) is 0 Å². The summed E-state index contributed by atoms with van der Waals surface area (Å²) in [6, 6.07) is 7.76. The first-order valence-electron chi connectivity index (χ1n) is 6.34. The summed E-state index contributed by atoms with van der Waals surface area (Å²) in [4.78, 5) is 11.9. The Morgan fingerprint density at radius 2 is 1.89 bits per heavy atom. The van der Waals surface area contributed by atoms with E-state index < -0.39 is 0 Å². The van der Waals surface area contributed by atoms with Crippen LogP contribution in [-0.4, -0.2) is 11.1 Å². The molecule has 4 nitrogen and oxygen atoms in total. The van der Waals surface area contributed by atoms with Gasteiger partial charge in [-0.2, -0.15) is 0 Å². The smallest absolute Gasteiger partial charge is 0.224 e. The zero-order valence-corrected chi connectivity index (χ0v) is 11.5. The van der Waals surface area contributed by atoms with E-state index in [1.165, 1.54) is 5.56 Å². The molecule has 0 bridgehead atoms. The fourth-order valence-electron chi connectivity index (χ4n) is 1.96. The average Bonchev–Trinajstić information content (AvgIpc) is 2.70. The molecule has 1 aromatic heterocycles. The standard InChI is InChI=1S/C15H18N2O2/c1-10-4-6-13(7-5-10)16-15(18)9-8-14-11(2)17-19-12(14)3/h4-7H,8-9H2,1-3H3,(H,16,18). The van der Waals surface area contributed by atoms with E-state index in [0.717, 1.165) is 22.7 Å². The highest BCUT2D eigenvalue weighted by Gasteiger charge is 2.11. The van der Waals surface area contributed by atoms with Crippen molar-refractivity contribution in [3.8, 4) is 0 Å². The molecule has 100 valence electrons. The number of aromatic nitrogens is 1. The Morgan fingerprint density at radius 3 is 2.47 bits per heavy atom. The molecule has 19 heavy (non-hydrogen) atoms. The van der Waals surface area contributed by atoms with E-state index in [-0.39, 0.29) is 5.91 Å². The monoisotopic (exact) mass is 258 g/mol. The molecule has 0 saturated carbocycles. The van der Waals surface area contributed by atoms with Crippen molar-refractivity contribution in [2.45, 2.75) is 33.6 Å². The molecule has 0 saturated heterocycles. The number of hydrogen-bond donors (Lipinski definition) is 1. The second-order valence-electron chi connectivity index (χ2n) is 4.72. The third-order valence-corrected chi connectivity index (χ3v) is 3.12. The zero-order valence-electron chi connectivity index (χ0n) is 11.5. The van der Waals surface area contributed by atoms with Crippen molar-refractivity contribution in [2.24, 2.45) is 0 Å². The molecule has 0 radical (unpaired) electrons. The summed E-state index contributed by atoms with van der Waals surface area (Å²) in [5.74, 6) is 0.796. The van der Waals surface area contributed by atoms with Gasteiger partial charge in [0.05, 0.1) is 5.69 Å². The van der Waals surface area contributed by atoms with Gasteiger partial charge in [-0.1, -0.05) is 22.9 Å². The SMILES string of the molecule is Cc1ccc(NC(=O)CCc2c(C)noc2C)cc1. The van der Waals surface area contributed by atoms with Gasteiger partial charge < -0.3 is 9.84 Å². The van der Waals surface area contributed by atoms with Crippen molar-refractivity contribution in [1.29, 1.82) is 0 Å². The summed E-state index contributed by atoms with van der Waals surface area (Å²) >= 11 is 0. The van der Waals surface area contributed by atoms with Gasteiger partial charge >= 0.3 is 0 Å². The summed E-state index contributed by atoms with van der Waals surface area (Å²) in [5, 5.41) is 6.76. The lowest BCUT2D eigenvalue weighted by molar-refractivity contribution is -0.116. The minimum absolute atomic E-state index is 0.00357. The molecule has 1 heterocycles. The Balaban J connectivity index is 1.90. The second-order valence-corrected chi connectivity index (χ2v) is 4.72. The fourth-order valence-corrected chi connectivity index (χ4v) is 1.96. The molecule has 2 rings (SSSR count). The van der Waals surface area contributed by atoms with Crippen LogP contribution >= 0.6 is 0 Å². The van der Waals surface area contributed by atoms with Crippen LogP contribution in [0.1, 0.15) is 29.0 Å². The highest BCUT2D eigenvalue weighted by molar-refractivity contribution is 5.90. The Morgan fingerprint density at radius 1 is 1.21 bits per heavy atom. The van der Waals surface area contributed by atoms with Crippen LogP contribution < -0.4 is 5.32 Å². The lowest BCUT2D eigenvalue weighted by Gasteiger charge is -2.05. The van der Waals surface area contributed by atoms with Crippen LogP contribution in [0.4, 0.5) is 5.69 Å². The number of nitrogens with one attached hydrogen (secondary N) is 1. The van der Waals surface area contributed by atoms with Gasteiger partial charge in [-0.3, -0.25) is 4.79 Å². The Bertz CT molecular complexity index is 551. The van der Waals surface area contributed by atoms with Crippen molar-refractivity contribution < 1.29 is 9.32 Å². The number of carbonyl (C=O) groups excluding carboxylic acids is 1. The number of nitrogens with zero attached hydrogens (tertiary/aromatic N) is 1. The summed E-state index contributed by atoms with van der Waals surface area (Å²) in [6.07, 6.45) is 1.08. The maximum atomic E-state index is 11.9. The van der Waals surface area contributed by atoms with Crippen LogP contribution in [0.5, 0.6) is 0 Å². The first-order valence-corrected chi connectivity index (χ1v) is 6.34. The highest BCUT2D eigenvalue weighted by atomic mass is 16.5. The number of amides is 1. The van der Waals surface area contributed by atoms with Gasteiger partial charge in [0.15, 0.2) is 0 Å². The molecule has 0 spiro atoms. The van der Waals surface area contributed by atoms with Gasteiger partial charge in [0.25, 0.3) is 0 Å². The lowest BCUT2D eigenvalue weighted by atomic mass is 10.1. The van der Waals surface area contributed by atoms with Gasteiger partial charge in [-0.15, -0.1) is 0 Å². The molecule has 0 aliphatic carbocycles. The molecule has 1 N–H and O–H groups in total. The first kappa shape index (κ1) is 13.3. The molecule has 0 aliphatic heterocycles. The van der Waals surface area contributed by atoms with E-state index in [4.69, 9.17) is 4.52 Å². The van der Waals surface area contributed by atoms with Crippen molar-refractivity contribution >= 4 is 11.6 Å². The van der Waals surface area contributed by atoms with Crippen LogP contribution in [0.3, 0.4) is 0 Å². The van der Waals surface area contributed by atoms with Crippen molar-refractivity contribution in [3.05, 3.63) is 46.8 Å². The molecule has 0 fully saturated rings. The van der Waals surface area contributed by atoms with Crippen LogP contribution in [0.15, 0.2) is 28.8 Å². The van der Waals surface area contributed by atoms with Crippen LogP contribution in [-0.2, 0) is 11.2 Å². The number of benzene rings is 1. The third-order valence-electron chi connectivity index (χ3n) is 3.12. The largest absolute Gasteiger partial charge is 0.361 e. The Labute approximate surface area is 112 Å². The van der Waals surface area contributed by atoms with Crippen molar-refractivity contribution in [1.82, 2.24) is 5.16 Å². The Hall–Kier alpha value is -2.10. The van der Waals surface area contributed by atoms with Gasteiger partial charge in [0.2, 0.25) is 5.91 Å². The van der Waals surface area contributed by atoms with E-state index in [1.54, 1.807) is 0 Å².